The Balaban J connectivity index is 1.99. The number of nitrogens with one attached hydrogen (secondary N) is 1. The zero-order valence-electron chi connectivity index (χ0n) is 14.7. The number of thiazole rings is 1. The number of carbonyl (C=O) groups excluding carboxylic acids is 3. The van der Waals surface area contributed by atoms with E-state index >= 15 is 0 Å². The van der Waals surface area contributed by atoms with Crippen molar-refractivity contribution in [1.29, 1.82) is 0 Å². The molecule has 7 heteroatoms. The van der Waals surface area contributed by atoms with Crippen LogP contribution in [-0.2, 0) is 16.0 Å². The smallest absolute Gasteiger partial charge is 0.220 e. The van der Waals surface area contributed by atoms with Crippen LogP contribution in [0.15, 0.2) is 41.9 Å². The first-order valence-electron chi connectivity index (χ1n) is 8.53. The SMILES string of the molecule is C[C@@H](CCC(=O)N[C@@H](CCc1ccccc1)C(=O)c1nccs1)C(N)=O. The monoisotopic (exact) mass is 373 g/mol. The number of nitrogens with zero attached hydrogens (tertiary/aromatic N) is 1. The summed E-state index contributed by atoms with van der Waals surface area (Å²) in [6, 6.07) is 9.15. The van der Waals surface area contributed by atoms with E-state index in [1.807, 2.05) is 30.3 Å². The van der Waals surface area contributed by atoms with Crippen molar-refractivity contribution in [2.45, 2.75) is 38.6 Å². The lowest BCUT2D eigenvalue weighted by Crippen LogP contribution is -2.41. The van der Waals surface area contributed by atoms with Crippen molar-refractivity contribution < 1.29 is 14.4 Å². The van der Waals surface area contributed by atoms with Crippen LogP contribution in [0.2, 0.25) is 0 Å². The van der Waals surface area contributed by atoms with Gasteiger partial charge in [-0.2, -0.15) is 0 Å². The maximum atomic E-state index is 12.7. The number of hydrogen-bond acceptors (Lipinski definition) is 5. The van der Waals surface area contributed by atoms with Gasteiger partial charge in [-0.25, -0.2) is 4.98 Å². The van der Waals surface area contributed by atoms with Gasteiger partial charge in [0.25, 0.3) is 0 Å². The fourth-order valence-electron chi connectivity index (χ4n) is 2.48. The molecule has 3 N–H and O–H groups in total. The third-order valence-electron chi connectivity index (χ3n) is 4.15. The Morgan fingerprint density at radius 1 is 1.19 bits per heavy atom. The summed E-state index contributed by atoms with van der Waals surface area (Å²) in [5.41, 5.74) is 6.31. The van der Waals surface area contributed by atoms with Gasteiger partial charge in [0.05, 0.1) is 6.04 Å². The van der Waals surface area contributed by atoms with Gasteiger partial charge >= 0.3 is 0 Å². The van der Waals surface area contributed by atoms with Crippen LogP contribution >= 0.6 is 11.3 Å². The molecule has 0 spiro atoms. The summed E-state index contributed by atoms with van der Waals surface area (Å²) >= 11 is 1.26. The quantitative estimate of drug-likeness (QED) is 0.624. The Morgan fingerprint density at radius 2 is 1.92 bits per heavy atom. The summed E-state index contributed by atoms with van der Waals surface area (Å²) in [6.07, 6.45) is 3.23. The first kappa shape index (κ1) is 19.8. The Morgan fingerprint density at radius 3 is 2.54 bits per heavy atom. The minimum absolute atomic E-state index is 0.150. The van der Waals surface area contributed by atoms with E-state index in [9.17, 15) is 14.4 Å². The Bertz CT molecular complexity index is 732. The van der Waals surface area contributed by atoms with Gasteiger partial charge in [-0.1, -0.05) is 37.3 Å². The molecule has 2 rings (SSSR count). The molecule has 0 fully saturated rings. The largest absolute Gasteiger partial charge is 0.369 e. The number of hydrogen-bond donors (Lipinski definition) is 2. The van der Waals surface area contributed by atoms with Crippen LogP contribution in [0.1, 0.15) is 41.6 Å². The fraction of sp³-hybridized carbons (Fsp3) is 0.368. The maximum absolute atomic E-state index is 12.7. The average molecular weight is 373 g/mol. The van der Waals surface area contributed by atoms with Crippen LogP contribution in [0.5, 0.6) is 0 Å². The van der Waals surface area contributed by atoms with E-state index in [2.05, 4.69) is 10.3 Å². The molecule has 1 heterocycles. The van der Waals surface area contributed by atoms with Gasteiger partial charge < -0.3 is 11.1 Å². The van der Waals surface area contributed by atoms with E-state index in [0.29, 0.717) is 24.3 Å². The van der Waals surface area contributed by atoms with Crippen molar-refractivity contribution in [3.63, 3.8) is 0 Å². The number of carbonyl (C=O) groups is 3. The third-order valence-corrected chi connectivity index (χ3v) is 4.94. The second kappa shape index (κ2) is 9.82. The summed E-state index contributed by atoms with van der Waals surface area (Å²) in [6.45, 7) is 1.68. The van der Waals surface area contributed by atoms with Gasteiger partial charge in [0.1, 0.15) is 0 Å². The zero-order valence-corrected chi connectivity index (χ0v) is 15.5. The van der Waals surface area contributed by atoms with Crippen molar-refractivity contribution in [3.05, 3.63) is 52.5 Å². The van der Waals surface area contributed by atoms with Gasteiger partial charge in [0.2, 0.25) is 17.6 Å². The number of ketones is 1. The lowest BCUT2D eigenvalue weighted by molar-refractivity contribution is -0.123. The van der Waals surface area contributed by atoms with E-state index < -0.39 is 11.9 Å². The van der Waals surface area contributed by atoms with E-state index in [0.717, 1.165) is 5.56 Å². The molecule has 2 amide bonds. The van der Waals surface area contributed by atoms with E-state index in [-0.39, 0.29) is 24.0 Å². The zero-order chi connectivity index (χ0) is 18.9. The van der Waals surface area contributed by atoms with Gasteiger partial charge in [0.15, 0.2) is 5.01 Å². The number of amides is 2. The number of primary amides is 1. The molecule has 138 valence electrons. The van der Waals surface area contributed by atoms with Crippen LogP contribution < -0.4 is 11.1 Å². The minimum Gasteiger partial charge on any atom is -0.369 e. The molecule has 1 aromatic carbocycles. The molecule has 0 aliphatic heterocycles. The van der Waals surface area contributed by atoms with Gasteiger partial charge in [-0.15, -0.1) is 11.3 Å². The fourth-order valence-corrected chi connectivity index (χ4v) is 3.11. The van der Waals surface area contributed by atoms with Crippen molar-refractivity contribution >= 4 is 28.9 Å². The number of Topliss-reactive ketones (excluding diaryl/α,β-unsaturated/α-hetero) is 1. The van der Waals surface area contributed by atoms with Crippen LogP contribution in [0.25, 0.3) is 0 Å². The molecular formula is C19H23N3O3S. The summed E-state index contributed by atoms with van der Waals surface area (Å²) in [5.74, 6) is -1.26. The molecule has 26 heavy (non-hydrogen) atoms. The number of nitrogens with two attached hydrogens (primary N) is 1. The summed E-state index contributed by atoms with van der Waals surface area (Å²) in [7, 11) is 0. The number of benzene rings is 1. The van der Waals surface area contributed by atoms with Crippen molar-refractivity contribution in [2.75, 3.05) is 0 Å². The first-order valence-corrected chi connectivity index (χ1v) is 9.41. The van der Waals surface area contributed by atoms with Gasteiger partial charge in [-0.05, 0) is 24.8 Å². The van der Waals surface area contributed by atoms with Crippen LogP contribution in [0.3, 0.4) is 0 Å². The molecule has 1 aromatic heterocycles. The third kappa shape index (κ3) is 6.07. The molecule has 0 aliphatic rings. The van der Waals surface area contributed by atoms with Gasteiger partial charge in [-0.3, -0.25) is 14.4 Å². The molecule has 0 saturated heterocycles. The number of aryl methyl sites for hydroxylation is 1. The van der Waals surface area contributed by atoms with E-state index in [1.165, 1.54) is 11.3 Å². The highest BCUT2D eigenvalue weighted by molar-refractivity contribution is 7.11. The van der Waals surface area contributed by atoms with Crippen molar-refractivity contribution in [1.82, 2.24) is 10.3 Å². The Labute approximate surface area is 156 Å². The normalized spacial score (nSPS) is 13.0. The summed E-state index contributed by atoms with van der Waals surface area (Å²) in [4.78, 5) is 40.0. The standard InChI is InChI=1S/C19H23N3O3S/c1-13(18(20)25)7-10-16(23)22-15(17(24)19-21-11-12-26-19)9-8-14-5-3-2-4-6-14/h2-6,11-13,15H,7-10H2,1H3,(H2,20,25)(H,22,23)/t13-,15-/m0/s1. The van der Waals surface area contributed by atoms with Crippen LogP contribution in [0, 0.1) is 5.92 Å². The predicted molar refractivity (Wildman–Crippen MR) is 101 cm³/mol. The Kier molecular flexibility index (Phi) is 7.47. The van der Waals surface area contributed by atoms with Crippen LogP contribution in [0.4, 0.5) is 0 Å². The second-order valence-corrected chi connectivity index (χ2v) is 7.08. The summed E-state index contributed by atoms with van der Waals surface area (Å²) in [5, 5.41) is 4.91. The van der Waals surface area contributed by atoms with E-state index in [4.69, 9.17) is 5.73 Å². The molecule has 0 radical (unpaired) electrons. The first-order chi connectivity index (χ1) is 12.5. The second-order valence-electron chi connectivity index (χ2n) is 6.19. The highest BCUT2D eigenvalue weighted by atomic mass is 32.1. The lowest BCUT2D eigenvalue weighted by Gasteiger charge is -2.17. The highest BCUT2D eigenvalue weighted by Gasteiger charge is 2.24. The Hall–Kier alpha value is -2.54. The predicted octanol–water partition coefficient (Wildman–Crippen LogP) is 2.35. The van der Waals surface area contributed by atoms with Crippen LogP contribution in [-0.4, -0.2) is 28.6 Å². The highest BCUT2D eigenvalue weighted by Crippen LogP contribution is 2.13. The molecule has 2 aromatic rings. The average Bonchev–Trinajstić information content (AvgIpc) is 3.18. The molecule has 2 atom stereocenters. The lowest BCUT2D eigenvalue weighted by atomic mass is 10.0. The van der Waals surface area contributed by atoms with Crippen molar-refractivity contribution in [3.8, 4) is 0 Å². The molecule has 6 nitrogen and oxygen atoms in total. The molecule has 0 aliphatic carbocycles. The molecule has 0 saturated carbocycles. The van der Waals surface area contributed by atoms with Crippen molar-refractivity contribution in [2.24, 2.45) is 11.7 Å². The van der Waals surface area contributed by atoms with Gasteiger partial charge in [0, 0.05) is 23.9 Å². The topological polar surface area (TPSA) is 102 Å². The number of rotatable bonds is 10. The number of aromatic nitrogens is 1. The minimum atomic E-state index is -0.641. The molecule has 0 unspecified atom stereocenters. The molecule has 0 bridgehead atoms. The summed E-state index contributed by atoms with van der Waals surface area (Å²) < 4.78 is 0. The maximum Gasteiger partial charge on any atom is 0.220 e. The van der Waals surface area contributed by atoms with E-state index in [1.54, 1.807) is 18.5 Å². The molecular weight excluding hydrogens is 350 g/mol.